The van der Waals surface area contributed by atoms with E-state index in [1.807, 2.05) is 19.1 Å². The van der Waals surface area contributed by atoms with E-state index in [0.29, 0.717) is 0 Å². The predicted octanol–water partition coefficient (Wildman–Crippen LogP) is 3.38. The highest BCUT2D eigenvalue weighted by Crippen LogP contribution is 2.19. The molecule has 1 saturated heterocycles. The van der Waals surface area contributed by atoms with Crippen LogP contribution in [0.25, 0.3) is 0 Å². The quantitative estimate of drug-likeness (QED) is 0.897. The summed E-state index contributed by atoms with van der Waals surface area (Å²) in [6, 6.07) is 5.60. The molecule has 1 aliphatic heterocycles. The standard InChI is InChI=1S/C16H25FN2.ClH/c1-3-18-11-14-6-8-19(9-7-14)12-15-5-4-13(2)16(17)10-15;/h4-5,10,14,18H,3,6-9,11-12H2,1-2H3;1H. The molecule has 0 spiro atoms. The third-order valence-corrected chi connectivity index (χ3v) is 4.03. The lowest BCUT2D eigenvalue weighted by Gasteiger charge is -2.32. The molecule has 4 heteroatoms. The Hall–Kier alpha value is -0.640. The first-order valence-electron chi connectivity index (χ1n) is 7.37. The fourth-order valence-electron chi connectivity index (χ4n) is 2.69. The molecule has 114 valence electrons. The van der Waals surface area contributed by atoms with E-state index < -0.39 is 0 Å². The molecule has 1 aromatic rings. The second-order valence-electron chi connectivity index (χ2n) is 5.61. The van der Waals surface area contributed by atoms with Gasteiger partial charge < -0.3 is 5.32 Å². The van der Waals surface area contributed by atoms with Gasteiger partial charge in [-0.2, -0.15) is 0 Å². The van der Waals surface area contributed by atoms with Crippen LogP contribution in [0.1, 0.15) is 30.9 Å². The van der Waals surface area contributed by atoms with Crippen molar-refractivity contribution < 1.29 is 4.39 Å². The Kier molecular flexibility index (Phi) is 7.49. The number of hydrogen-bond acceptors (Lipinski definition) is 2. The number of rotatable bonds is 5. The molecule has 0 bridgehead atoms. The Morgan fingerprint density at radius 3 is 2.60 bits per heavy atom. The smallest absolute Gasteiger partial charge is 0.126 e. The third kappa shape index (κ3) is 5.04. The number of benzene rings is 1. The van der Waals surface area contributed by atoms with Crippen LogP contribution >= 0.6 is 12.4 Å². The summed E-state index contributed by atoms with van der Waals surface area (Å²) in [5.74, 6) is 0.727. The van der Waals surface area contributed by atoms with E-state index in [4.69, 9.17) is 0 Å². The fraction of sp³-hybridized carbons (Fsp3) is 0.625. The molecule has 0 aromatic heterocycles. The van der Waals surface area contributed by atoms with Gasteiger partial charge in [0.1, 0.15) is 5.82 Å². The SMILES string of the molecule is CCNCC1CCN(Cc2ccc(C)c(F)c2)CC1.Cl. The van der Waals surface area contributed by atoms with Crippen molar-refractivity contribution in [3.05, 3.63) is 35.1 Å². The molecule has 1 aliphatic rings. The zero-order valence-electron chi connectivity index (χ0n) is 12.5. The van der Waals surface area contributed by atoms with E-state index in [-0.39, 0.29) is 18.2 Å². The van der Waals surface area contributed by atoms with Crippen molar-refractivity contribution in [1.82, 2.24) is 10.2 Å². The van der Waals surface area contributed by atoms with Crippen molar-refractivity contribution in [3.8, 4) is 0 Å². The van der Waals surface area contributed by atoms with Gasteiger partial charge in [-0.15, -0.1) is 12.4 Å². The molecule has 0 saturated carbocycles. The molecule has 2 rings (SSSR count). The number of halogens is 2. The minimum Gasteiger partial charge on any atom is -0.317 e. The second kappa shape index (κ2) is 8.60. The molecule has 0 aliphatic carbocycles. The molecule has 0 radical (unpaired) electrons. The molecule has 2 nitrogen and oxygen atoms in total. The molecule has 1 fully saturated rings. The predicted molar refractivity (Wildman–Crippen MR) is 84.9 cm³/mol. The van der Waals surface area contributed by atoms with E-state index in [1.165, 1.54) is 12.8 Å². The summed E-state index contributed by atoms with van der Waals surface area (Å²) < 4.78 is 13.5. The van der Waals surface area contributed by atoms with Crippen molar-refractivity contribution in [3.63, 3.8) is 0 Å². The molecule has 20 heavy (non-hydrogen) atoms. The maximum Gasteiger partial charge on any atom is 0.126 e. The van der Waals surface area contributed by atoms with Crippen LogP contribution < -0.4 is 5.32 Å². The van der Waals surface area contributed by atoms with Gasteiger partial charge in [-0.05, 0) is 69.1 Å². The lowest BCUT2D eigenvalue weighted by atomic mass is 9.96. The Labute approximate surface area is 128 Å². The van der Waals surface area contributed by atoms with Crippen molar-refractivity contribution in [2.24, 2.45) is 5.92 Å². The highest BCUT2D eigenvalue weighted by molar-refractivity contribution is 5.85. The van der Waals surface area contributed by atoms with Gasteiger partial charge in [0.2, 0.25) is 0 Å². The maximum atomic E-state index is 13.5. The number of hydrogen-bond donors (Lipinski definition) is 1. The van der Waals surface area contributed by atoms with Gasteiger partial charge in [0, 0.05) is 6.54 Å². The van der Waals surface area contributed by atoms with Crippen LogP contribution in [0, 0.1) is 18.7 Å². The van der Waals surface area contributed by atoms with Gasteiger partial charge in [0.25, 0.3) is 0 Å². The van der Waals surface area contributed by atoms with E-state index >= 15 is 0 Å². The zero-order valence-corrected chi connectivity index (χ0v) is 13.3. The third-order valence-electron chi connectivity index (χ3n) is 4.03. The summed E-state index contributed by atoms with van der Waals surface area (Å²) in [7, 11) is 0. The van der Waals surface area contributed by atoms with Gasteiger partial charge in [-0.3, -0.25) is 4.90 Å². The molecular weight excluding hydrogens is 275 g/mol. The first-order chi connectivity index (χ1) is 9.19. The van der Waals surface area contributed by atoms with Gasteiger partial charge in [0.05, 0.1) is 0 Å². The summed E-state index contributed by atoms with van der Waals surface area (Å²) in [5, 5.41) is 3.43. The zero-order chi connectivity index (χ0) is 13.7. The molecule has 1 aromatic carbocycles. The van der Waals surface area contributed by atoms with Crippen LogP contribution in [0.2, 0.25) is 0 Å². The van der Waals surface area contributed by atoms with E-state index in [2.05, 4.69) is 17.1 Å². The molecule has 0 unspecified atom stereocenters. The number of nitrogens with zero attached hydrogens (tertiary/aromatic N) is 1. The van der Waals surface area contributed by atoms with E-state index in [9.17, 15) is 4.39 Å². The van der Waals surface area contributed by atoms with E-state index in [1.54, 1.807) is 6.07 Å². The van der Waals surface area contributed by atoms with Gasteiger partial charge >= 0.3 is 0 Å². The van der Waals surface area contributed by atoms with Crippen LogP contribution in [0.5, 0.6) is 0 Å². The Bertz CT molecular complexity index is 403. The minimum absolute atomic E-state index is 0. The molecular formula is C16H26ClFN2. The summed E-state index contributed by atoms with van der Waals surface area (Å²) >= 11 is 0. The van der Waals surface area contributed by atoms with Gasteiger partial charge in [0.15, 0.2) is 0 Å². The average molecular weight is 301 g/mol. The topological polar surface area (TPSA) is 15.3 Å². The van der Waals surface area contributed by atoms with Crippen molar-refractivity contribution in [2.45, 2.75) is 33.2 Å². The second-order valence-corrected chi connectivity index (χ2v) is 5.61. The molecule has 0 atom stereocenters. The molecule has 1 heterocycles. The Balaban J connectivity index is 0.00000200. The van der Waals surface area contributed by atoms with Gasteiger partial charge in [-0.25, -0.2) is 4.39 Å². The minimum atomic E-state index is -0.0838. The monoisotopic (exact) mass is 300 g/mol. The van der Waals surface area contributed by atoms with Crippen molar-refractivity contribution in [1.29, 1.82) is 0 Å². The Morgan fingerprint density at radius 1 is 1.30 bits per heavy atom. The molecule has 1 N–H and O–H groups in total. The van der Waals surface area contributed by atoms with Crippen molar-refractivity contribution in [2.75, 3.05) is 26.2 Å². The molecule has 0 amide bonds. The van der Waals surface area contributed by atoms with Crippen LogP contribution in [0.3, 0.4) is 0 Å². The van der Waals surface area contributed by atoms with Crippen LogP contribution in [0.4, 0.5) is 4.39 Å². The number of nitrogens with one attached hydrogen (secondary N) is 1. The number of aryl methyl sites for hydroxylation is 1. The van der Waals surface area contributed by atoms with Crippen LogP contribution in [-0.2, 0) is 6.54 Å². The maximum absolute atomic E-state index is 13.5. The average Bonchev–Trinajstić information content (AvgIpc) is 2.42. The summed E-state index contributed by atoms with van der Waals surface area (Å²) in [5.41, 5.74) is 1.82. The van der Waals surface area contributed by atoms with Crippen molar-refractivity contribution >= 4 is 12.4 Å². The normalized spacial score (nSPS) is 16.9. The first-order valence-corrected chi connectivity index (χ1v) is 7.37. The highest BCUT2D eigenvalue weighted by atomic mass is 35.5. The van der Waals surface area contributed by atoms with Crippen LogP contribution in [-0.4, -0.2) is 31.1 Å². The fourth-order valence-corrected chi connectivity index (χ4v) is 2.69. The first kappa shape index (κ1) is 17.4. The highest BCUT2D eigenvalue weighted by Gasteiger charge is 2.18. The van der Waals surface area contributed by atoms with Gasteiger partial charge in [-0.1, -0.05) is 19.1 Å². The Morgan fingerprint density at radius 2 is 2.00 bits per heavy atom. The summed E-state index contributed by atoms with van der Waals surface area (Å²) in [6.45, 7) is 9.31. The lowest BCUT2D eigenvalue weighted by Crippen LogP contribution is -2.36. The largest absolute Gasteiger partial charge is 0.317 e. The number of piperidine rings is 1. The van der Waals surface area contributed by atoms with E-state index in [0.717, 1.165) is 49.8 Å². The number of likely N-dealkylation sites (tertiary alicyclic amines) is 1. The van der Waals surface area contributed by atoms with Crippen LogP contribution in [0.15, 0.2) is 18.2 Å². The lowest BCUT2D eigenvalue weighted by molar-refractivity contribution is 0.175. The summed E-state index contributed by atoms with van der Waals surface area (Å²) in [6.07, 6.45) is 2.50. The summed E-state index contributed by atoms with van der Waals surface area (Å²) in [4.78, 5) is 2.44.